The van der Waals surface area contributed by atoms with Crippen molar-refractivity contribution in [1.29, 1.82) is 0 Å². The van der Waals surface area contributed by atoms with E-state index in [0.29, 0.717) is 5.56 Å². The lowest BCUT2D eigenvalue weighted by atomic mass is 10.1. The normalized spacial score (nSPS) is 10.8. The van der Waals surface area contributed by atoms with Gasteiger partial charge in [-0.2, -0.15) is 0 Å². The van der Waals surface area contributed by atoms with Gasteiger partial charge < -0.3 is 10.6 Å². The Morgan fingerprint density at radius 3 is 2.70 bits per heavy atom. The van der Waals surface area contributed by atoms with Gasteiger partial charge in [0, 0.05) is 22.2 Å². The van der Waals surface area contributed by atoms with Gasteiger partial charge in [-0.05, 0) is 43.5 Å². The van der Waals surface area contributed by atoms with Crippen molar-refractivity contribution < 1.29 is 4.39 Å². The van der Waals surface area contributed by atoms with Gasteiger partial charge in [-0.3, -0.25) is 0 Å². The van der Waals surface area contributed by atoms with E-state index in [9.17, 15) is 4.39 Å². The van der Waals surface area contributed by atoms with E-state index >= 15 is 0 Å². The number of nitrogens with two attached hydrogens (primary N) is 1. The molecule has 20 heavy (non-hydrogen) atoms. The van der Waals surface area contributed by atoms with Crippen molar-refractivity contribution in [1.82, 2.24) is 0 Å². The third-order valence-corrected chi connectivity index (χ3v) is 4.14. The van der Waals surface area contributed by atoms with Crippen molar-refractivity contribution in [3.05, 3.63) is 52.0 Å². The highest BCUT2D eigenvalue weighted by molar-refractivity contribution is 7.80. The van der Waals surface area contributed by atoms with Crippen molar-refractivity contribution in [2.75, 3.05) is 4.90 Å². The van der Waals surface area contributed by atoms with Gasteiger partial charge in [-0.1, -0.05) is 18.3 Å². The van der Waals surface area contributed by atoms with Crippen molar-refractivity contribution in [2.45, 2.75) is 26.4 Å². The number of rotatable bonds is 5. The zero-order chi connectivity index (χ0) is 14.7. The molecule has 1 aromatic heterocycles. The van der Waals surface area contributed by atoms with Crippen LogP contribution in [0.1, 0.15) is 24.3 Å². The van der Waals surface area contributed by atoms with Crippen LogP contribution in [-0.4, -0.2) is 11.0 Å². The van der Waals surface area contributed by atoms with E-state index in [4.69, 9.17) is 18.0 Å². The van der Waals surface area contributed by atoms with Gasteiger partial charge in [-0.15, -0.1) is 11.3 Å². The van der Waals surface area contributed by atoms with Crippen LogP contribution in [0.25, 0.3) is 0 Å². The first kappa shape index (κ1) is 14.9. The van der Waals surface area contributed by atoms with Crippen LogP contribution >= 0.6 is 23.6 Å². The summed E-state index contributed by atoms with van der Waals surface area (Å²) in [5.41, 5.74) is 7.20. The predicted octanol–water partition coefficient (Wildman–Crippen LogP) is 3.94. The molecule has 1 aromatic carbocycles. The summed E-state index contributed by atoms with van der Waals surface area (Å²) in [6, 6.07) is 8.97. The molecule has 0 unspecified atom stereocenters. The molecule has 0 spiro atoms. The van der Waals surface area contributed by atoms with Crippen molar-refractivity contribution in [2.24, 2.45) is 5.73 Å². The summed E-state index contributed by atoms with van der Waals surface area (Å²) < 4.78 is 13.4. The molecule has 2 rings (SSSR count). The average Bonchev–Trinajstić information content (AvgIpc) is 2.89. The van der Waals surface area contributed by atoms with Gasteiger partial charge in [0.1, 0.15) is 10.8 Å². The minimum Gasteiger partial charge on any atom is -0.389 e. The number of benzene rings is 1. The molecule has 0 atom stereocenters. The van der Waals surface area contributed by atoms with Crippen molar-refractivity contribution >= 4 is 34.2 Å². The van der Waals surface area contributed by atoms with Crippen LogP contribution in [0.5, 0.6) is 0 Å². The Labute approximate surface area is 128 Å². The first-order chi connectivity index (χ1) is 9.49. The molecule has 0 fully saturated rings. The molecule has 0 radical (unpaired) electrons. The number of hydrogen-bond donors (Lipinski definition) is 1. The third-order valence-electron chi connectivity index (χ3n) is 3.06. The summed E-state index contributed by atoms with van der Waals surface area (Å²) in [6.07, 6.45) is 0. The molecule has 1 heterocycles. The molecular formula is C15H17FN2S2. The van der Waals surface area contributed by atoms with E-state index in [0.717, 1.165) is 12.2 Å². The number of thiocarbonyl (C=S) groups is 1. The van der Waals surface area contributed by atoms with E-state index in [1.165, 1.54) is 17.0 Å². The Hall–Kier alpha value is -1.46. The topological polar surface area (TPSA) is 29.3 Å². The zero-order valence-corrected chi connectivity index (χ0v) is 13.1. The minimum absolute atomic E-state index is 0.219. The van der Waals surface area contributed by atoms with Crippen LogP contribution in [0, 0.1) is 5.82 Å². The molecule has 0 amide bonds. The van der Waals surface area contributed by atoms with E-state index in [-0.39, 0.29) is 16.8 Å². The highest BCUT2D eigenvalue weighted by atomic mass is 32.1. The molecule has 106 valence electrons. The van der Waals surface area contributed by atoms with E-state index < -0.39 is 0 Å². The van der Waals surface area contributed by atoms with Crippen LogP contribution in [0.4, 0.5) is 10.1 Å². The summed E-state index contributed by atoms with van der Waals surface area (Å²) in [7, 11) is 0. The molecule has 0 saturated carbocycles. The molecule has 2 nitrogen and oxygen atoms in total. The molecule has 0 aliphatic heterocycles. The fraction of sp³-hybridized carbons (Fsp3) is 0.267. The first-order valence-electron chi connectivity index (χ1n) is 6.37. The Balaban J connectivity index is 2.41. The van der Waals surface area contributed by atoms with Crippen molar-refractivity contribution in [3.63, 3.8) is 0 Å². The molecule has 0 aliphatic rings. The number of halogens is 1. The van der Waals surface area contributed by atoms with Gasteiger partial charge in [0.25, 0.3) is 0 Å². The maximum Gasteiger partial charge on any atom is 0.124 e. The van der Waals surface area contributed by atoms with E-state index in [1.807, 2.05) is 11.4 Å². The Kier molecular flexibility index (Phi) is 4.73. The van der Waals surface area contributed by atoms with Gasteiger partial charge in [0.2, 0.25) is 0 Å². The monoisotopic (exact) mass is 308 g/mol. The molecule has 0 aliphatic carbocycles. The SMILES string of the molecule is CC(C)N(Cc1cccs1)c1ccc(F)cc1C(N)=S. The zero-order valence-electron chi connectivity index (χ0n) is 11.5. The summed E-state index contributed by atoms with van der Waals surface area (Å²) >= 11 is 6.75. The lowest BCUT2D eigenvalue weighted by molar-refractivity contribution is 0.625. The third kappa shape index (κ3) is 3.35. The molecular weight excluding hydrogens is 291 g/mol. The number of thiophene rings is 1. The lowest BCUT2D eigenvalue weighted by Crippen LogP contribution is -2.32. The van der Waals surface area contributed by atoms with Gasteiger partial charge in [0.15, 0.2) is 0 Å². The molecule has 2 aromatic rings. The van der Waals surface area contributed by atoms with E-state index in [2.05, 4.69) is 24.8 Å². The maximum atomic E-state index is 13.4. The van der Waals surface area contributed by atoms with Crippen LogP contribution in [-0.2, 0) is 6.54 Å². The van der Waals surface area contributed by atoms with Gasteiger partial charge >= 0.3 is 0 Å². The van der Waals surface area contributed by atoms with Gasteiger partial charge in [-0.25, -0.2) is 4.39 Å². The van der Waals surface area contributed by atoms with E-state index in [1.54, 1.807) is 17.4 Å². The quantitative estimate of drug-likeness (QED) is 0.848. The summed E-state index contributed by atoms with van der Waals surface area (Å²) in [4.78, 5) is 3.65. The summed E-state index contributed by atoms with van der Waals surface area (Å²) in [5, 5.41) is 2.05. The predicted molar refractivity (Wildman–Crippen MR) is 87.9 cm³/mol. The molecule has 0 saturated heterocycles. The Bertz CT molecular complexity index is 594. The average molecular weight is 308 g/mol. The number of anilines is 1. The fourth-order valence-electron chi connectivity index (χ4n) is 2.07. The summed E-state index contributed by atoms with van der Waals surface area (Å²) in [6.45, 7) is 4.96. The van der Waals surface area contributed by atoms with Crippen LogP contribution in [0.3, 0.4) is 0 Å². The fourth-order valence-corrected chi connectivity index (χ4v) is 2.94. The minimum atomic E-state index is -0.323. The second-order valence-electron chi connectivity index (χ2n) is 4.83. The first-order valence-corrected chi connectivity index (χ1v) is 7.66. The van der Waals surface area contributed by atoms with Crippen LogP contribution < -0.4 is 10.6 Å². The maximum absolute atomic E-state index is 13.4. The second kappa shape index (κ2) is 6.33. The second-order valence-corrected chi connectivity index (χ2v) is 6.30. The molecule has 5 heteroatoms. The van der Waals surface area contributed by atoms with Gasteiger partial charge in [0.05, 0.1) is 6.54 Å². The lowest BCUT2D eigenvalue weighted by Gasteiger charge is -2.30. The number of nitrogens with zero attached hydrogens (tertiary/aromatic N) is 1. The Morgan fingerprint density at radius 2 is 2.15 bits per heavy atom. The Morgan fingerprint density at radius 1 is 1.40 bits per heavy atom. The van der Waals surface area contributed by atoms with Crippen LogP contribution in [0.15, 0.2) is 35.7 Å². The highest BCUT2D eigenvalue weighted by Gasteiger charge is 2.17. The number of hydrogen-bond acceptors (Lipinski definition) is 3. The summed E-state index contributed by atoms with van der Waals surface area (Å²) in [5.74, 6) is -0.323. The highest BCUT2D eigenvalue weighted by Crippen LogP contribution is 2.26. The largest absolute Gasteiger partial charge is 0.389 e. The molecule has 0 bridgehead atoms. The molecule has 2 N–H and O–H groups in total. The smallest absolute Gasteiger partial charge is 0.124 e. The standard InChI is InChI=1S/C15H17FN2S2/c1-10(2)18(9-12-4-3-7-20-12)14-6-5-11(16)8-13(14)15(17)19/h3-8,10H,9H2,1-2H3,(H2,17,19). The van der Waals surface area contributed by atoms with Crippen LogP contribution in [0.2, 0.25) is 0 Å². The van der Waals surface area contributed by atoms with Crippen molar-refractivity contribution in [3.8, 4) is 0 Å².